The number of halogens is 1. The molecule has 1 fully saturated rings. The summed E-state index contributed by atoms with van der Waals surface area (Å²) in [5, 5.41) is 10.8. The molecule has 23 heavy (non-hydrogen) atoms. The fraction of sp³-hybridized carbons (Fsp3) is 0.500. The second-order valence-corrected chi connectivity index (χ2v) is 6.87. The molecule has 2 aliphatic rings. The summed E-state index contributed by atoms with van der Waals surface area (Å²) in [7, 11) is 0. The molecule has 0 saturated carbocycles. The van der Waals surface area contributed by atoms with Crippen molar-refractivity contribution in [2.24, 2.45) is 0 Å². The Morgan fingerprint density at radius 2 is 2.13 bits per heavy atom. The summed E-state index contributed by atoms with van der Waals surface area (Å²) >= 11 is 5.93. The second-order valence-electron chi connectivity index (χ2n) is 6.44. The van der Waals surface area contributed by atoms with Gasteiger partial charge in [-0.25, -0.2) is 0 Å². The van der Waals surface area contributed by atoms with Crippen LogP contribution in [0.3, 0.4) is 0 Å². The Morgan fingerprint density at radius 1 is 1.39 bits per heavy atom. The van der Waals surface area contributed by atoms with Gasteiger partial charge in [-0.3, -0.25) is 4.79 Å². The first-order chi connectivity index (χ1) is 11.0. The number of likely N-dealkylation sites (tertiary alicyclic amines) is 1. The first kappa shape index (κ1) is 16.5. The molecule has 124 valence electrons. The van der Waals surface area contributed by atoms with Gasteiger partial charge in [0.05, 0.1) is 12.2 Å². The van der Waals surface area contributed by atoms with Crippen LogP contribution in [0.2, 0.25) is 5.02 Å². The number of hydrogen-bond acceptors (Lipinski definition) is 3. The third kappa shape index (κ3) is 3.60. The number of ether oxygens (including phenoxy) is 1. The van der Waals surface area contributed by atoms with Crippen molar-refractivity contribution in [1.29, 1.82) is 0 Å². The van der Waals surface area contributed by atoms with Crippen LogP contribution in [0.5, 0.6) is 0 Å². The van der Waals surface area contributed by atoms with Crippen molar-refractivity contribution < 1.29 is 14.6 Å². The van der Waals surface area contributed by atoms with Gasteiger partial charge < -0.3 is 14.7 Å². The highest BCUT2D eigenvalue weighted by Gasteiger charge is 2.38. The monoisotopic (exact) mass is 335 g/mol. The minimum absolute atomic E-state index is 0.222. The SMILES string of the molecule is CC1=CC2(CCN(C(=O)C(O)c3cccc(Cl)c3)CC2)OCC1. The number of amides is 1. The lowest BCUT2D eigenvalue weighted by Crippen LogP contribution is -2.49. The number of hydrogen-bond donors (Lipinski definition) is 1. The Bertz CT molecular complexity index is 620. The first-order valence-electron chi connectivity index (χ1n) is 8.04. The summed E-state index contributed by atoms with van der Waals surface area (Å²) in [6, 6.07) is 6.81. The molecule has 5 heteroatoms. The number of piperidine rings is 1. The van der Waals surface area contributed by atoms with Crippen molar-refractivity contribution in [2.45, 2.75) is 37.9 Å². The number of aliphatic hydroxyl groups is 1. The van der Waals surface area contributed by atoms with Gasteiger partial charge in [0.1, 0.15) is 0 Å². The zero-order chi connectivity index (χ0) is 16.4. The van der Waals surface area contributed by atoms with Crippen LogP contribution in [-0.2, 0) is 9.53 Å². The van der Waals surface area contributed by atoms with E-state index in [1.165, 1.54) is 5.57 Å². The lowest BCUT2D eigenvalue weighted by atomic mass is 9.86. The first-order valence-corrected chi connectivity index (χ1v) is 8.41. The third-order valence-electron chi connectivity index (χ3n) is 4.72. The Hall–Kier alpha value is -1.36. The van der Waals surface area contributed by atoms with Gasteiger partial charge in [0, 0.05) is 18.1 Å². The molecule has 0 aliphatic carbocycles. The van der Waals surface area contributed by atoms with E-state index in [2.05, 4.69) is 13.0 Å². The Balaban J connectivity index is 1.65. The van der Waals surface area contributed by atoms with Crippen molar-refractivity contribution in [1.82, 2.24) is 4.90 Å². The van der Waals surface area contributed by atoms with E-state index < -0.39 is 6.10 Å². The van der Waals surface area contributed by atoms with Crippen LogP contribution in [0, 0.1) is 0 Å². The van der Waals surface area contributed by atoms with E-state index in [1.807, 2.05) is 0 Å². The number of aliphatic hydroxyl groups excluding tert-OH is 1. The zero-order valence-corrected chi connectivity index (χ0v) is 14.1. The molecule has 1 aromatic rings. The van der Waals surface area contributed by atoms with Gasteiger partial charge in [-0.2, -0.15) is 0 Å². The van der Waals surface area contributed by atoms with E-state index in [1.54, 1.807) is 29.2 Å². The molecule has 2 aliphatic heterocycles. The molecule has 1 atom stereocenters. The van der Waals surface area contributed by atoms with Crippen LogP contribution in [0.15, 0.2) is 35.9 Å². The van der Waals surface area contributed by atoms with Crippen LogP contribution >= 0.6 is 11.6 Å². The Kier molecular flexibility index (Phi) is 4.76. The lowest BCUT2D eigenvalue weighted by Gasteiger charge is -2.42. The number of nitrogens with zero attached hydrogens (tertiary/aromatic N) is 1. The number of benzene rings is 1. The summed E-state index contributed by atoms with van der Waals surface area (Å²) < 4.78 is 5.97. The fourth-order valence-electron chi connectivity index (χ4n) is 3.36. The van der Waals surface area contributed by atoms with Crippen molar-refractivity contribution in [3.63, 3.8) is 0 Å². The topological polar surface area (TPSA) is 49.8 Å². The van der Waals surface area contributed by atoms with Crippen LogP contribution in [0.4, 0.5) is 0 Å². The maximum absolute atomic E-state index is 12.5. The molecular weight excluding hydrogens is 314 g/mol. The number of carbonyl (C=O) groups is 1. The molecule has 1 amide bonds. The van der Waals surface area contributed by atoms with Gasteiger partial charge in [-0.15, -0.1) is 0 Å². The molecule has 3 rings (SSSR count). The maximum atomic E-state index is 12.5. The van der Waals surface area contributed by atoms with Gasteiger partial charge in [0.2, 0.25) is 0 Å². The summed E-state index contributed by atoms with van der Waals surface area (Å²) in [6.45, 7) is 4.08. The van der Waals surface area contributed by atoms with Crippen LogP contribution in [0.25, 0.3) is 0 Å². The van der Waals surface area contributed by atoms with E-state index in [-0.39, 0.29) is 11.5 Å². The summed E-state index contributed by atoms with van der Waals surface area (Å²) in [5.74, 6) is -0.265. The minimum Gasteiger partial charge on any atom is -0.378 e. The smallest absolute Gasteiger partial charge is 0.256 e. The molecule has 4 nitrogen and oxygen atoms in total. The predicted octanol–water partition coefficient (Wildman–Crippen LogP) is 3.10. The zero-order valence-electron chi connectivity index (χ0n) is 13.3. The van der Waals surface area contributed by atoms with E-state index >= 15 is 0 Å². The summed E-state index contributed by atoms with van der Waals surface area (Å²) in [4.78, 5) is 14.2. The van der Waals surface area contributed by atoms with Gasteiger partial charge in [0.15, 0.2) is 6.10 Å². The van der Waals surface area contributed by atoms with Gasteiger partial charge >= 0.3 is 0 Å². The highest BCUT2D eigenvalue weighted by molar-refractivity contribution is 6.30. The fourth-order valence-corrected chi connectivity index (χ4v) is 3.56. The molecule has 2 heterocycles. The second kappa shape index (κ2) is 6.63. The van der Waals surface area contributed by atoms with Crippen LogP contribution < -0.4 is 0 Å². The van der Waals surface area contributed by atoms with Crippen molar-refractivity contribution >= 4 is 17.5 Å². The average molecular weight is 336 g/mol. The molecule has 1 spiro atoms. The van der Waals surface area contributed by atoms with Gasteiger partial charge in [-0.1, -0.05) is 35.4 Å². The van der Waals surface area contributed by atoms with E-state index in [0.29, 0.717) is 23.7 Å². The molecule has 1 unspecified atom stereocenters. The quantitative estimate of drug-likeness (QED) is 0.845. The average Bonchev–Trinajstić information content (AvgIpc) is 2.54. The third-order valence-corrected chi connectivity index (χ3v) is 4.95. The molecule has 0 bridgehead atoms. The summed E-state index contributed by atoms with van der Waals surface area (Å²) in [5.41, 5.74) is 1.67. The van der Waals surface area contributed by atoms with Gasteiger partial charge in [-0.05, 0) is 43.9 Å². The van der Waals surface area contributed by atoms with Crippen molar-refractivity contribution in [3.05, 3.63) is 46.5 Å². The van der Waals surface area contributed by atoms with Crippen LogP contribution in [0.1, 0.15) is 37.9 Å². The molecule has 0 aromatic heterocycles. The van der Waals surface area contributed by atoms with Crippen LogP contribution in [-0.4, -0.2) is 41.2 Å². The van der Waals surface area contributed by atoms with Gasteiger partial charge in [0.25, 0.3) is 5.91 Å². The van der Waals surface area contributed by atoms with E-state index in [9.17, 15) is 9.90 Å². The maximum Gasteiger partial charge on any atom is 0.256 e. The van der Waals surface area contributed by atoms with Crippen molar-refractivity contribution in [2.75, 3.05) is 19.7 Å². The predicted molar refractivity (Wildman–Crippen MR) is 89.3 cm³/mol. The summed E-state index contributed by atoms with van der Waals surface area (Å²) in [6.07, 6.45) is 3.59. The highest BCUT2D eigenvalue weighted by Crippen LogP contribution is 2.33. The normalized spacial score (nSPS) is 21.9. The van der Waals surface area contributed by atoms with Crippen molar-refractivity contribution in [3.8, 4) is 0 Å². The molecule has 1 aromatic carbocycles. The minimum atomic E-state index is -1.16. The Morgan fingerprint density at radius 3 is 2.78 bits per heavy atom. The molecule has 0 radical (unpaired) electrons. The number of carbonyl (C=O) groups excluding carboxylic acids is 1. The largest absolute Gasteiger partial charge is 0.378 e. The number of rotatable bonds is 2. The molecule has 1 N–H and O–H groups in total. The standard InChI is InChI=1S/C18H22ClNO3/c1-13-5-10-23-18(12-13)6-8-20(9-7-18)17(22)16(21)14-3-2-4-15(19)11-14/h2-4,11-12,16,21H,5-10H2,1H3. The van der Waals surface area contributed by atoms with E-state index in [4.69, 9.17) is 16.3 Å². The lowest BCUT2D eigenvalue weighted by molar-refractivity contribution is -0.145. The highest BCUT2D eigenvalue weighted by atomic mass is 35.5. The molecular formula is C18H22ClNO3. The Labute approximate surface area is 141 Å². The molecule has 1 saturated heterocycles. The van der Waals surface area contributed by atoms with E-state index in [0.717, 1.165) is 25.9 Å².